The number of hydrogen-bond donors (Lipinski definition) is 0. The fourth-order valence-electron chi connectivity index (χ4n) is 1.96. The van der Waals surface area contributed by atoms with Crippen LogP contribution in [0.4, 0.5) is 4.39 Å². The van der Waals surface area contributed by atoms with E-state index in [-0.39, 0.29) is 11.9 Å². The van der Waals surface area contributed by atoms with Gasteiger partial charge in [-0.05, 0) is 19.1 Å². The zero-order chi connectivity index (χ0) is 13.1. The van der Waals surface area contributed by atoms with Gasteiger partial charge < -0.3 is 9.30 Å². The standard InChI is InChI=1S/C13H16ClFN2O/c1-9(18-2)8-17-12-4-3-10(15)7-11(12)16-13(17)5-6-14/h3-4,7,9H,5-6,8H2,1-2H3. The lowest BCUT2D eigenvalue weighted by molar-refractivity contribution is 0.103. The van der Waals surface area contributed by atoms with E-state index in [9.17, 15) is 4.39 Å². The maximum atomic E-state index is 13.2. The first-order chi connectivity index (χ1) is 8.65. The molecule has 0 aliphatic rings. The van der Waals surface area contributed by atoms with Crippen molar-refractivity contribution in [3.05, 3.63) is 29.8 Å². The highest BCUT2D eigenvalue weighted by Gasteiger charge is 2.13. The van der Waals surface area contributed by atoms with Gasteiger partial charge in [0.15, 0.2) is 0 Å². The predicted octanol–water partition coefficient (Wildman–Crippen LogP) is 2.99. The molecule has 0 radical (unpaired) electrons. The van der Waals surface area contributed by atoms with Crippen LogP contribution in [0.1, 0.15) is 12.7 Å². The van der Waals surface area contributed by atoms with Crippen molar-refractivity contribution >= 4 is 22.6 Å². The van der Waals surface area contributed by atoms with Crippen LogP contribution in [0.3, 0.4) is 0 Å². The topological polar surface area (TPSA) is 27.1 Å². The van der Waals surface area contributed by atoms with Crippen LogP contribution in [0.2, 0.25) is 0 Å². The molecule has 0 N–H and O–H groups in total. The van der Waals surface area contributed by atoms with Crippen molar-refractivity contribution < 1.29 is 9.13 Å². The number of hydrogen-bond acceptors (Lipinski definition) is 2. The summed E-state index contributed by atoms with van der Waals surface area (Å²) in [6, 6.07) is 4.64. The molecule has 5 heteroatoms. The van der Waals surface area contributed by atoms with Gasteiger partial charge in [0.25, 0.3) is 0 Å². The van der Waals surface area contributed by atoms with Crippen LogP contribution >= 0.6 is 11.6 Å². The summed E-state index contributed by atoms with van der Waals surface area (Å²) < 4.78 is 20.5. The number of methoxy groups -OCH3 is 1. The van der Waals surface area contributed by atoms with Gasteiger partial charge in [-0.2, -0.15) is 0 Å². The molecule has 18 heavy (non-hydrogen) atoms. The number of alkyl halides is 1. The second-order valence-corrected chi connectivity index (χ2v) is 4.63. The Balaban J connectivity index is 2.48. The van der Waals surface area contributed by atoms with E-state index in [1.807, 2.05) is 11.5 Å². The van der Waals surface area contributed by atoms with Crippen LogP contribution in [-0.4, -0.2) is 28.6 Å². The number of halogens is 2. The maximum absolute atomic E-state index is 13.2. The molecule has 0 fully saturated rings. The number of nitrogens with zero attached hydrogens (tertiary/aromatic N) is 2. The number of rotatable bonds is 5. The molecule has 3 nitrogen and oxygen atoms in total. The summed E-state index contributed by atoms with van der Waals surface area (Å²) in [7, 11) is 1.67. The molecule has 2 aromatic rings. The average Bonchev–Trinajstić information content (AvgIpc) is 2.67. The molecule has 1 aromatic heterocycles. The Morgan fingerprint density at radius 1 is 1.50 bits per heavy atom. The van der Waals surface area contributed by atoms with Crippen molar-refractivity contribution in [3.63, 3.8) is 0 Å². The quantitative estimate of drug-likeness (QED) is 0.781. The highest BCUT2D eigenvalue weighted by molar-refractivity contribution is 6.17. The van der Waals surface area contributed by atoms with Gasteiger partial charge in [-0.15, -0.1) is 11.6 Å². The molecule has 1 aromatic carbocycles. The van der Waals surface area contributed by atoms with Crippen molar-refractivity contribution in [2.75, 3.05) is 13.0 Å². The molecule has 0 aliphatic heterocycles. The fraction of sp³-hybridized carbons (Fsp3) is 0.462. The second kappa shape index (κ2) is 5.67. The largest absolute Gasteiger partial charge is 0.380 e. The molecule has 1 atom stereocenters. The van der Waals surface area contributed by atoms with E-state index in [0.29, 0.717) is 24.4 Å². The van der Waals surface area contributed by atoms with E-state index in [0.717, 1.165) is 11.3 Å². The summed E-state index contributed by atoms with van der Waals surface area (Å²) in [6.07, 6.45) is 0.732. The van der Waals surface area contributed by atoms with Gasteiger partial charge in [-0.1, -0.05) is 0 Å². The second-order valence-electron chi connectivity index (χ2n) is 4.26. The van der Waals surface area contributed by atoms with Crippen LogP contribution in [0.15, 0.2) is 18.2 Å². The average molecular weight is 271 g/mol. The number of fused-ring (bicyclic) bond motifs is 1. The molecule has 0 saturated heterocycles. The zero-order valence-electron chi connectivity index (χ0n) is 10.5. The molecule has 0 spiro atoms. The zero-order valence-corrected chi connectivity index (χ0v) is 11.2. The SMILES string of the molecule is COC(C)Cn1c(CCCl)nc2cc(F)ccc21. The number of benzene rings is 1. The summed E-state index contributed by atoms with van der Waals surface area (Å²) in [5.41, 5.74) is 1.58. The Morgan fingerprint density at radius 3 is 2.94 bits per heavy atom. The van der Waals surface area contributed by atoms with Crippen molar-refractivity contribution in [1.82, 2.24) is 9.55 Å². The molecular formula is C13H16ClFN2O. The lowest BCUT2D eigenvalue weighted by atomic mass is 10.3. The van der Waals surface area contributed by atoms with E-state index < -0.39 is 0 Å². The van der Waals surface area contributed by atoms with Gasteiger partial charge in [0, 0.05) is 25.5 Å². The molecule has 0 amide bonds. The number of aryl methyl sites for hydroxylation is 1. The molecular weight excluding hydrogens is 255 g/mol. The summed E-state index contributed by atoms with van der Waals surface area (Å²) in [5, 5.41) is 0. The number of ether oxygens (including phenoxy) is 1. The van der Waals surface area contributed by atoms with Crippen molar-refractivity contribution in [1.29, 1.82) is 0 Å². The van der Waals surface area contributed by atoms with Gasteiger partial charge in [-0.3, -0.25) is 0 Å². The monoisotopic (exact) mass is 270 g/mol. The van der Waals surface area contributed by atoms with E-state index >= 15 is 0 Å². The van der Waals surface area contributed by atoms with Crippen LogP contribution in [0, 0.1) is 5.82 Å². The molecule has 0 bridgehead atoms. The lowest BCUT2D eigenvalue weighted by Crippen LogP contribution is -2.17. The van der Waals surface area contributed by atoms with Crippen molar-refractivity contribution in [2.45, 2.75) is 26.0 Å². The van der Waals surface area contributed by atoms with Gasteiger partial charge in [-0.25, -0.2) is 9.37 Å². The van der Waals surface area contributed by atoms with Crippen molar-refractivity contribution in [3.8, 4) is 0 Å². The molecule has 2 rings (SSSR count). The van der Waals surface area contributed by atoms with Crippen LogP contribution in [0.25, 0.3) is 11.0 Å². The summed E-state index contributed by atoms with van der Waals surface area (Å²) in [5.74, 6) is 1.09. The molecule has 1 heterocycles. The number of imidazole rings is 1. The number of aromatic nitrogens is 2. The Labute approximate surface area is 111 Å². The Hall–Kier alpha value is -1.13. The van der Waals surface area contributed by atoms with Crippen molar-refractivity contribution in [2.24, 2.45) is 0 Å². The van der Waals surface area contributed by atoms with Crippen LogP contribution in [-0.2, 0) is 17.7 Å². The maximum Gasteiger partial charge on any atom is 0.125 e. The van der Waals surface area contributed by atoms with Gasteiger partial charge in [0.2, 0.25) is 0 Å². The van der Waals surface area contributed by atoms with Crippen LogP contribution < -0.4 is 0 Å². The first-order valence-corrected chi connectivity index (χ1v) is 6.42. The smallest absolute Gasteiger partial charge is 0.125 e. The van der Waals surface area contributed by atoms with Crippen LogP contribution in [0.5, 0.6) is 0 Å². The third-order valence-electron chi connectivity index (χ3n) is 2.95. The third-order valence-corrected chi connectivity index (χ3v) is 3.14. The molecule has 0 aliphatic carbocycles. The van der Waals surface area contributed by atoms with E-state index in [1.54, 1.807) is 13.2 Å². The Bertz CT molecular complexity index is 541. The van der Waals surface area contributed by atoms with E-state index in [2.05, 4.69) is 4.98 Å². The molecule has 98 valence electrons. The first-order valence-electron chi connectivity index (χ1n) is 5.89. The minimum atomic E-state index is -0.274. The Kier molecular flexibility index (Phi) is 4.19. The lowest BCUT2D eigenvalue weighted by Gasteiger charge is -2.13. The predicted molar refractivity (Wildman–Crippen MR) is 70.6 cm³/mol. The molecule has 0 saturated carbocycles. The summed E-state index contributed by atoms with van der Waals surface area (Å²) in [4.78, 5) is 4.43. The van der Waals surface area contributed by atoms with Gasteiger partial charge in [0.1, 0.15) is 11.6 Å². The minimum absolute atomic E-state index is 0.0709. The summed E-state index contributed by atoms with van der Waals surface area (Å²) in [6.45, 7) is 2.67. The highest BCUT2D eigenvalue weighted by Crippen LogP contribution is 2.19. The minimum Gasteiger partial charge on any atom is -0.380 e. The third kappa shape index (κ3) is 2.65. The fourth-order valence-corrected chi connectivity index (χ4v) is 2.13. The Morgan fingerprint density at radius 2 is 2.28 bits per heavy atom. The highest BCUT2D eigenvalue weighted by atomic mass is 35.5. The van der Waals surface area contributed by atoms with Gasteiger partial charge >= 0.3 is 0 Å². The first kappa shape index (κ1) is 13.3. The van der Waals surface area contributed by atoms with E-state index in [1.165, 1.54) is 12.1 Å². The summed E-state index contributed by atoms with van der Waals surface area (Å²) >= 11 is 5.78. The van der Waals surface area contributed by atoms with E-state index in [4.69, 9.17) is 16.3 Å². The molecule has 1 unspecified atom stereocenters. The van der Waals surface area contributed by atoms with Gasteiger partial charge in [0.05, 0.1) is 23.7 Å². The normalized spacial score (nSPS) is 13.1.